The second-order valence-electron chi connectivity index (χ2n) is 6.15. The van der Waals surface area contributed by atoms with E-state index in [1.165, 1.54) is 6.92 Å². The molecule has 1 aliphatic rings. The van der Waals surface area contributed by atoms with Crippen LogP contribution in [-0.4, -0.2) is 44.3 Å². The van der Waals surface area contributed by atoms with E-state index in [9.17, 15) is 9.59 Å². The maximum Gasteiger partial charge on any atom is 0.271 e. The Morgan fingerprint density at radius 2 is 1.70 bits per heavy atom. The van der Waals surface area contributed by atoms with Crippen LogP contribution in [0.1, 0.15) is 22.8 Å². The van der Waals surface area contributed by atoms with Gasteiger partial charge in [-0.3, -0.25) is 9.59 Å². The van der Waals surface area contributed by atoms with Crippen LogP contribution in [0, 0.1) is 0 Å². The largest absolute Gasteiger partial charge is 0.378 e. The molecule has 0 aromatic heterocycles. The second kappa shape index (κ2) is 8.95. The SMILES string of the molecule is CC(=O)Nc1ccc(C(=O)NN=Cc2ccc(N3CCOCC3)cc2)cc1. The van der Waals surface area contributed by atoms with Gasteiger partial charge in [0.05, 0.1) is 19.4 Å². The third kappa shape index (κ3) is 5.39. The highest BCUT2D eigenvalue weighted by atomic mass is 16.5. The van der Waals surface area contributed by atoms with E-state index in [2.05, 4.69) is 20.7 Å². The maximum atomic E-state index is 12.1. The van der Waals surface area contributed by atoms with Crippen molar-refractivity contribution < 1.29 is 14.3 Å². The molecular formula is C20H22N4O3. The van der Waals surface area contributed by atoms with Crippen LogP contribution in [0.5, 0.6) is 0 Å². The van der Waals surface area contributed by atoms with Crippen molar-refractivity contribution in [1.29, 1.82) is 0 Å². The van der Waals surface area contributed by atoms with Gasteiger partial charge in [-0.2, -0.15) is 5.10 Å². The van der Waals surface area contributed by atoms with Gasteiger partial charge >= 0.3 is 0 Å². The van der Waals surface area contributed by atoms with E-state index in [0.29, 0.717) is 11.3 Å². The molecule has 0 spiro atoms. The number of rotatable bonds is 5. The van der Waals surface area contributed by atoms with Crippen molar-refractivity contribution in [2.24, 2.45) is 5.10 Å². The number of nitrogens with one attached hydrogen (secondary N) is 2. The standard InChI is InChI=1S/C20H22N4O3/c1-15(25)22-18-6-4-17(5-7-18)20(26)23-21-14-16-2-8-19(9-3-16)24-10-12-27-13-11-24/h2-9,14H,10-13H2,1H3,(H,22,25)(H,23,26). The zero-order valence-electron chi connectivity index (χ0n) is 15.1. The van der Waals surface area contributed by atoms with Crippen molar-refractivity contribution in [2.75, 3.05) is 36.5 Å². The van der Waals surface area contributed by atoms with E-state index in [-0.39, 0.29) is 11.8 Å². The predicted molar refractivity (Wildman–Crippen MR) is 105 cm³/mol. The van der Waals surface area contributed by atoms with Gasteiger partial charge in [0.15, 0.2) is 0 Å². The lowest BCUT2D eigenvalue weighted by Crippen LogP contribution is -2.36. The Bertz CT molecular complexity index is 810. The highest BCUT2D eigenvalue weighted by Gasteiger charge is 2.10. The van der Waals surface area contributed by atoms with Gasteiger partial charge < -0.3 is 15.0 Å². The van der Waals surface area contributed by atoms with Crippen molar-refractivity contribution in [3.05, 3.63) is 59.7 Å². The molecule has 140 valence electrons. The summed E-state index contributed by atoms with van der Waals surface area (Å²) in [5, 5.41) is 6.66. The fourth-order valence-corrected chi connectivity index (χ4v) is 2.73. The Balaban J connectivity index is 1.53. The Hall–Kier alpha value is -3.19. The molecule has 1 fully saturated rings. The first-order valence-corrected chi connectivity index (χ1v) is 8.75. The Labute approximate surface area is 158 Å². The van der Waals surface area contributed by atoms with Gasteiger partial charge in [-0.05, 0) is 42.0 Å². The molecule has 27 heavy (non-hydrogen) atoms. The summed E-state index contributed by atoms with van der Waals surface area (Å²) in [5.74, 6) is -0.470. The highest BCUT2D eigenvalue weighted by molar-refractivity contribution is 5.96. The monoisotopic (exact) mass is 366 g/mol. The first-order valence-electron chi connectivity index (χ1n) is 8.75. The number of hydrogen-bond acceptors (Lipinski definition) is 5. The van der Waals surface area contributed by atoms with E-state index in [0.717, 1.165) is 37.6 Å². The molecule has 1 heterocycles. The summed E-state index contributed by atoms with van der Waals surface area (Å²) in [6, 6.07) is 14.6. The minimum absolute atomic E-state index is 0.156. The molecule has 3 rings (SSSR count). The fourth-order valence-electron chi connectivity index (χ4n) is 2.73. The number of ether oxygens (including phenoxy) is 1. The summed E-state index contributed by atoms with van der Waals surface area (Å²) >= 11 is 0. The molecule has 0 saturated carbocycles. The molecule has 0 atom stereocenters. The number of hydrogen-bond donors (Lipinski definition) is 2. The number of morpholine rings is 1. The summed E-state index contributed by atoms with van der Waals surface area (Å²) < 4.78 is 5.36. The van der Waals surface area contributed by atoms with Gasteiger partial charge in [0.1, 0.15) is 0 Å². The molecule has 0 unspecified atom stereocenters. The van der Waals surface area contributed by atoms with E-state index in [1.54, 1.807) is 30.5 Å². The summed E-state index contributed by atoms with van der Waals surface area (Å²) in [6.45, 7) is 4.72. The molecule has 1 saturated heterocycles. The lowest BCUT2D eigenvalue weighted by Gasteiger charge is -2.28. The van der Waals surface area contributed by atoms with Crippen LogP contribution in [0.3, 0.4) is 0 Å². The van der Waals surface area contributed by atoms with E-state index in [4.69, 9.17) is 4.74 Å². The van der Waals surface area contributed by atoms with E-state index in [1.807, 2.05) is 24.3 Å². The highest BCUT2D eigenvalue weighted by Crippen LogP contribution is 2.16. The number of amides is 2. The lowest BCUT2D eigenvalue weighted by molar-refractivity contribution is -0.114. The minimum atomic E-state index is -0.314. The van der Waals surface area contributed by atoms with Crippen LogP contribution in [-0.2, 0) is 9.53 Å². The molecule has 2 aromatic rings. The van der Waals surface area contributed by atoms with E-state index < -0.39 is 0 Å². The number of carbonyl (C=O) groups excluding carboxylic acids is 2. The van der Waals surface area contributed by atoms with Crippen molar-refractivity contribution in [1.82, 2.24) is 5.43 Å². The fraction of sp³-hybridized carbons (Fsp3) is 0.250. The minimum Gasteiger partial charge on any atom is -0.378 e. The summed E-state index contributed by atoms with van der Waals surface area (Å²) in [7, 11) is 0. The number of nitrogens with zero attached hydrogens (tertiary/aromatic N) is 2. The molecule has 0 bridgehead atoms. The van der Waals surface area contributed by atoms with Crippen LogP contribution >= 0.6 is 0 Å². The van der Waals surface area contributed by atoms with Crippen LogP contribution in [0.15, 0.2) is 53.6 Å². The van der Waals surface area contributed by atoms with Crippen LogP contribution in [0.2, 0.25) is 0 Å². The third-order valence-electron chi connectivity index (χ3n) is 4.12. The lowest BCUT2D eigenvalue weighted by atomic mass is 10.2. The Morgan fingerprint density at radius 3 is 2.33 bits per heavy atom. The van der Waals surface area contributed by atoms with Crippen molar-refractivity contribution in [3.63, 3.8) is 0 Å². The molecule has 7 nitrogen and oxygen atoms in total. The normalized spacial score (nSPS) is 14.2. The molecule has 7 heteroatoms. The van der Waals surface area contributed by atoms with Gasteiger partial charge in [-0.25, -0.2) is 5.43 Å². The topological polar surface area (TPSA) is 83.0 Å². The number of anilines is 2. The van der Waals surface area contributed by atoms with Crippen LogP contribution in [0.4, 0.5) is 11.4 Å². The summed E-state index contributed by atoms with van der Waals surface area (Å²) in [4.78, 5) is 25.4. The quantitative estimate of drug-likeness (QED) is 0.628. The zero-order valence-corrected chi connectivity index (χ0v) is 15.1. The molecule has 1 aliphatic heterocycles. The maximum absolute atomic E-state index is 12.1. The molecule has 2 N–H and O–H groups in total. The van der Waals surface area contributed by atoms with E-state index >= 15 is 0 Å². The van der Waals surface area contributed by atoms with Crippen LogP contribution < -0.4 is 15.6 Å². The first kappa shape index (κ1) is 18.6. The summed E-state index contributed by atoms with van der Waals surface area (Å²) in [5.41, 5.74) is 5.65. The second-order valence-corrected chi connectivity index (χ2v) is 6.15. The average Bonchev–Trinajstić information content (AvgIpc) is 2.69. The molecule has 0 aliphatic carbocycles. The first-order chi connectivity index (χ1) is 13.1. The summed E-state index contributed by atoms with van der Waals surface area (Å²) in [6.07, 6.45) is 1.60. The smallest absolute Gasteiger partial charge is 0.271 e. The third-order valence-corrected chi connectivity index (χ3v) is 4.12. The van der Waals surface area contributed by atoms with Crippen LogP contribution in [0.25, 0.3) is 0 Å². The van der Waals surface area contributed by atoms with Gasteiger partial charge in [0, 0.05) is 37.0 Å². The predicted octanol–water partition coefficient (Wildman–Crippen LogP) is 2.25. The Morgan fingerprint density at radius 1 is 1.04 bits per heavy atom. The van der Waals surface area contributed by atoms with Crippen molar-refractivity contribution in [2.45, 2.75) is 6.92 Å². The molecule has 2 amide bonds. The number of benzene rings is 2. The zero-order chi connectivity index (χ0) is 19.1. The Kier molecular flexibility index (Phi) is 6.17. The van der Waals surface area contributed by atoms with Crippen molar-refractivity contribution >= 4 is 29.4 Å². The molecule has 2 aromatic carbocycles. The van der Waals surface area contributed by atoms with Gasteiger partial charge in [0.2, 0.25) is 5.91 Å². The van der Waals surface area contributed by atoms with Gasteiger partial charge in [-0.15, -0.1) is 0 Å². The van der Waals surface area contributed by atoms with Crippen molar-refractivity contribution in [3.8, 4) is 0 Å². The molecular weight excluding hydrogens is 344 g/mol. The number of carbonyl (C=O) groups is 2. The number of hydrazone groups is 1. The molecule has 0 radical (unpaired) electrons. The van der Waals surface area contributed by atoms with Gasteiger partial charge in [0.25, 0.3) is 5.91 Å². The average molecular weight is 366 g/mol. The van der Waals surface area contributed by atoms with Gasteiger partial charge in [-0.1, -0.05) is 12.1 Å².